The number of carbonyl (C=O) groups is 1. The lowest BCUT2D eigenvalue weighted by Gasteiger charge is -2.14. The van der Waals surface area contributed by atoms with Crippen molar-refractivity contribution in [3.05, 3.63) is 47.1 Å². The summed E-state index contributed by atoms with van der Waals surface area (Å²) in [6.07, 6.45) is 1.55. The van der Waals surface area contributed by atoms with Crippen molar-refractivity contribution in [1.29, 1.82) is 0 Å². The molecule has 0 aliphatic carbocycles. The summed E-state index contributed by atoms with van der Waals surface area (Å²) in [6, 6.07) is 8.05. The molecule has 3 aromatic rings. The van der Waals surface area contributed by atoms with Crippen molar-refractivity contribution in [3.63, 3.8) is 0 Å². The fraction of sp³-hybridized carbons (Fsp3) is 0.235. The molecule has 0 unspecified atom stereocenters. The van der Waals surface area contributed by atoms with Crippen LogP contribution in [0.5, 0.6) is 0 Å². The highest BCUT2D eigenvalue weighted by atomic mass is 32.2. The van der Waals surface area contributed by atoms with E-state index in [-0.39, 0.29) is 11.2 Å². The van der Waals surface area contributed by atoms with Crippen LogP contribution in [0.2, 0.25) is 0 Å². The molecule has 3 rings (SSSR count). The van der Waals surface area contributed by atoms with Gasteiger partial charge in [0.2, 0.25) is 5.91 Å². The summed E-state index contributed by atoms with van der Waals surface area (Å²) >= 11 is 3.04. The molecule has 0 spiro atoms. The molecule has 0 saturated carbocycles. The van der Waals surface area contributed by atoms with E-state index in [1.807, 2.05) is 50.4 Å². The van der Waals surface area contributed by atoms with Gasteiger partial charge in [0.25, 0.3) is 0 Å². The van der Waals surface area contributed by atoms with Crippen LogP contribution < -0.4 is 5.32 Å². The van der Waals surface area contributed by atoms with Crippen LogP contribution in [0.3, 0.4) is 0 Å². The molecule has 23 heavy (non-hydrogen) atoms. The van der Waals surface area contributed by atoms with Crippen LogP contribution >= 0.6 is 23.1 Å². The summed E-state index contributed by atoms with van der Waals surface area (Å²) in [5, 5.41) is 6.62. The number of anilines is 1. The summed E-state index contributed by atoms with van der Waals surface area (Å²) in [5.41, 5.74) is 3.05. The second kappa shape index (κ2) is 6.68. The second-order valence-corrected chi connectivity index (χ2v) is 7.61. The van der Waals surface area contributed by atoms with Crippen LogP contribution in [-0.4, -0.2) is 21.1 Å². The van der Waals surface area contributed by atoms with Gasteiger partial charge in [-0.25, -0.2) is 9.97 Å². The van der Waals surface area contributed by atoms with E-state index in [0.29, 0.717) is 0 Å². The predicted octanol–water partition coefficient (Wildman–Crippen LogP) is 4.43. The Labute approximate surface area is 143 Å². The third-order valence-corrected chi connectivity index (χ3v) is 5.47. The van der Waals surface area contributed by atoms with Gasteiger partial charge in [-0.3, -0.25) is 4.79 Å². The topological polar surface area (TPSA) is 54.9 Å². The van der Waals surface area contributed by atoms with Gasteiger partial charge in [-0.1, -0.05) is 23.9 Å². The number of aryl methyl sites for hydroxylation is 2. The average Bonchev–Trinajstić information content (AvgIpc) is 3.00. The molecule has 1 aromatic carbocycles. The van der Waals surface area contributed by atoms with E-state index in [1.165, 1.54) is 11.8 Å². The molecule has 4 nitrogen and oxygen atoms in total. The number of thiophene rings is 1. The lowest BCUT2D eigenvalue weighted by Crippen LogP contribution is -2.23. The third kappa shape index (κ3) is 3.54. The number of benzene rings is 1. The van der Waals surface area contributed by atoms with Gasteiger partial charge in [-0.2, -0.15) is 0 Å². The molecule has 118 valence electrons. The zero-order chi connectivity index (χ0) is 16.4. The van der Waals surface area contributed by atoms with E-state index in [4.69, 9.17) is 0 Å². The van der Waals surface area contributed by atoms with Gasteiger partial charge in [0.1, 0.15) is 16.2 Å². The van der Waals surface area contributed by atoms with Crippen molar-refractivity contribution in [3.8, 4) is 0 Å². The highest BCUT2D eigenvalue weighted by Gasteiger charge is 2.18. The standard InChI is InChI=1S/C17H17N3OS2/c1-10-4-5-11(2)14(8-10)20-15(21)12(3)23-17-13-6-7-22-16(13)18-9-19-17/h4-9,12H,1-3H3,(H,20,21)/t12-/m0/s1. The fourth-order valence-corrected chi connectivity index (χ4v) is 3.88. The van der Waals surface area contributed by atoms with Gasteiger partial charge in [0.05, 0.1) is 5.25 Å². The van der Waals surface area contributed by atoms with Crippen molar-refractivity contribution in [1.82, 2.24) is 9.97 Å². The summed E-state index contributed by atoms with van der Waals surface area (Å²) in [4.78, 5) is 22.0. The normalized spacial score (nSPS) is 12.3. The Morgan fingerprint density at radius 3 is 2.91 bits per heavy atom. The van der Waals surface area contributed by atoms with E-state index in [2.05, 4.69) is 15.3 Å². The van der Waals surface area contributed by atoms with Gasteiger partial charge in [-0.15, -0.1) is 11.3 Å². The Morgan fingerprint density at radius 1 is 1.26 bits per heavy atom. The van der Waals surface area contributed by atoms with Crippen LogP contribution in [0.1, 0.15) is 18.1 Å². The number of nitrogens with zero attached hydrogens (tertiary/aromatic N) is 2. The summed E-state index contributed by atoms with van der Waals surface area (Å²) < 4.78 is 0. The molecule has 0 radical (unpaired) electrons. The number of thioether (sulfide) groups is 1. The molecular formula is C17H17N3OS2. The Balaban J connectivity index is 1.75. The molecule has 0 aliphatic rings. The first-order valence-electron chi connectivity index (χ1n) is 7.27. The first-order valence-corrected chi connectivity index (χ1v) is 9.03. The first-order chi connectivity index (χ1) is 11.0. The first kappa shape index (κ1) is 16.0. The molecule has 0 fully saturated rings. The van der Waals surface area contributed by atoms with E-state index in [0.717, 1.165) is 32.1 Å². The van der Waals surface area contributed by atoms with Crippen LogP contribution in [-0.2, 0) is 4.79 Å². The van der Waals surface area contributed by atoms with Gasteiger partial charge in [0.15, 0.2) is 0 Å². The second-order valence-electron chi connectivity index (χ2n) is 5.39. The molecule has 6 heteroatoms. The zero-order valence-electron chi connectivity index (χ0n) is 13.2. The van der Waals surface area contributed by atoms with Crippen LogP contribution in [0.4, 0.5) is 5.69 Å². The highest BCUT2D eigenvalue weighted by molar-refractivity contribution is 8.00. The Morgan fingerprint density at radius 2 is 2.09 bits per heavy atom. The molecule has 0 bridgehead atoms. The van der Waals surface area contributed by atoms with Gasteiger partial charge in [-0.05, 0) is 49.4 Å². The molecule has 2 aromatic heterocycles. The summed E-state index contributed by atoms with van der Waals surface area (Å²) in [6.45, 7) is 5.90. The smallest absolute Gasteiger partial charge is 0.237 e. The quantitative estimate of drug-likeness (QED) is 0.562. The SMILES string of the molecule is Cc1ccc(C)c(NC(=O)[C@H](C)Sc2ncnc3sccc23)c1. The Bertz CT molecular complexity index is 860. The molecule has 2 heterocycles. The number of nitrogens with one attached hydrogen (secondary N) is 1. The molecule has 0 saturated heterocycles. The molecule has 1 atom stereocenters. The number of rotatable bonds is 4. The maximum atomic E-state index is 12.5. The Kier molecular flexibility index (Phi) is 4.63. The minimum atomic E-state index is -0.243. The zero-order valence-corrected chi connectivity index (χ0v) is 14.8. The van der Waals surface area contributed by atoms with Crippen LogP contribution in [0.15, 0.2) is 41.0 Å². The maximum absolute atomic E-state index is 12.5. The number of fused-ring (bicyclic) bond motifs is 1. The third-order valence-electron chi connectivity index (χ3n) is 3.53. The number of aromatic nitrogens is 2. The van der Waals surface area contributed by atoms with Crippen molar-refractivity contribution < 1.29 is 4.79 Å². The number of hydrogen-bond acceptors (Lipinski definition) is 5. The number of amides is 1. The number of hydrogen-bond donors (Lipinski definition) is 1. The predicted molar refractivity (Wildman–Crippen MR) is 97.3 cm³/mol. The highest BCUT2D eigenvalue weighted by Crippen LogP contribution is 2.31. The van der Waals surface area contributed by atoms with Gasteiger partial charge >= 0.3 is 0 Å². The molecule has 1 amide bonds. The van der Waals surface area contributed by atoms with Crippen molar-refractivity contribution in [2.75, 3.05) is 5.32 Å². The van der Waals surface area contributed by atoms with Crippen molar-refractivity contribution >= 4 is 44.9 Å². The van der Waals surface area contributed by atoms with Gasteiger partial charge in [0, 0.05) is 11.1 Å². The molecular weight excluding hydrogens is 326 g/mol. The van der Waals surface area contributed by atoms with Crippen LogP contribution in [0.25, 0.3) is 10.2 Å². The minimum absolute atomic E-state index is 0.0225. The summed E-state index contributed by atoms with van der Waals surface area (Å²) in [5.74, 6) is -0.0225. The van der Waals surface area contributed by atoms with Gasteiger partial charge < -0.3 is 5.32 Å². The average molecular weight is 343 g/mol. The monoisotopic (exact) mass is 343 g/mol. The van der Waals surface area contributed by atoms with E-state index in [9.17, 15) is 4.79 Å². The number of carbonyl (C=O) groups excluding carboxylic acids is 1. The Hall–Kier alpha value is -1.92. The van der Waals surface area contributed by atoms with E-state index >= 15 is 0 Å². The lowest BCUT2D eigenvalue weighted by molar-refractivity contribution is -0.115. The summed E-state index contributed by atoms with van der Waals surface area (Å²) in [7, 11) is 0. The largest absolute Gasteiger partial charge is 0.325 e. The van der Waals surface area contributed by atoms with E-state index < -0.39 is 0 Å². The minimum Gasteiger partial charge on any atom is -0.325 e. The fourth-order valence-electron chi connectivity index (χ4n) is 2.19. The lowest BCUT2D eigenvalue weighted by atomic mass is 10.1. The maximum Gasteiger partial charge on any atom is 0.237 e. The van der Waals surface area contributed by atoms with Crippen molar-refractivity contribution in [2.24, 2.45) is 0 Å². The van der Waals surface area contributed by atoms with E-state index in [1.54, 1.807) is 17.7 Å². The molecule has 0 aliphatic heterocycles. The van der Waals surface area contributed by atoms with Crippen LogP contribution in [0, 0.1) is 13.8 Å². The van der Waals surface area contributed by atoms with Crippen molar-refractivity contribution in [2.45, 2.75) is 31.0 Å². The molecule has 1 N–H and O–H groups in total.